The molecule has 1 fully saturated rings. The summed E-state index contributed by atoms with van der Waals surface area (Å²) in [6.45, 7) is 9.31. The molecule has 0 aromatic heterocycles. The fraction of sp³-hybridized carbons (Fsp3) is 0.583. The predicted molar refractivity (Wildman–Crippen MR) is 147 cm³/mol. The van der Waals surface area contributed by atoms with Crippen LogP contribution in [-0.2, 0) is 23.8 Å². The number of sulfonamides is 1. The minimum Gasteiger partial charge on any atom is -0.394 e. The van der Waals surface area contributed by atoms with Gasteiger partial charge < -0.3 is 39.6 Å². The molecule has 3 rings (SSSR count). The summed E-state index contributed by atoms with van der Waals surface area (Å²) in [5, 5.41) is 30.9. The first kappa shape index (κ1) is 33.5. The Morgan fingerprint density at radius 2 is 1.54 bits per heavy atom. The zero-order chi connectivity index (χ0) is 29.5. The van der Waals surface area contributed by atoms with Gasteiger partial charge in [-0.3, -0.25) is 4.52 Å². The molecule has 2 aromatic carbocycles. The Labute approximate surface area is 229 Å². The summed E-state index contributed by atoms with van der Waals surface area (Å²) in [4.78, 5) is 22.3. The number of fused-ring (bicyclic) bond motifs is 1. The van der Waals surface area contributed by atoms with Gasteiger partial charge in [0.15, 0.2) is 6.29 Å². The van der Waals surface area contributed by atoms with E-state index in [9.17, 15) is 28.3 Å². The molecule has 2 aromatic rings. The number of rotatable bonds is 10. The molecule has 1 aliphatic rings. The van der Waals surface area contributed by atoms with Crippen molar-refractivity contribution < 1.29 is 47.3 Å². The van der Waals surface area contributed by atoms with Crippen molar-refractivity contribution in [1.82, 2.24) is 9.62 Å². The van der Waals surface area contributed by atoms with Gasteiger partial charge in [-0.2, -0.15) is 0 Å². The van der Waals surface area contributed by atoms with Crippen molar-refractivity contribution in [1.29, 1.82) is 0 Å². The van der Waals surface area contributed by atoms with Gasteiger partial charge in [0.2, 0.25) is 10.0 Å². The first-order valence-electron chi connectivity index (χ1n) is 12.5. The molecular formula is C24H40N3O10PS. The molecule has 0 saturated carbocycles. The summed E-state index contributed by atoms with van der Waals surface area (Å²) in [6.07, 6.45) is -7.10. The maximum atomic E-state index is 13.2. The second-order valence-corrected chi connectivity index (χ2v) is 12.0. The first-order valence-corrected chi connectivity index (χ1v) is 15.5. The van der Waals surface area contributed by atoms with Crippen LogP contribution in [0.5, 0.6) is 0 Å². The molecule has 1 heterocycles. The summed E-state index contributed by atoms with van der Waals surface area (Å²) < 4.78 is 49.6. The Kier molecular flexibility index (Phi) is 12.3. The average Bonchev–Trinajstić information content (AvgIpc) is 2.88. The molecule has 0 amide bonds. The Balaban J connectivity index is 0.000000673. The van der Waals surface area contributed by atoms with E-state index in [1.807, 2.05) is 0 Å². The molecule has 0 bridgehead atoms. The monoisotopic (exact) mass is 593 g/mol. The van der Waals surface area contributed by atoms with E-state index in [1.54, 1.807) is 43.3 Å². The van der Waals surface area contributed by atoms with Crippen LogP contribution in [0.15, 0.2) is 41.3 Å². The molecule has 0 spiro atoms. The maximum absolute atomic E-state index is 13.2. The fourth-order valence-corrected chi connectivity index (χ4v) is 6.15. The summed E-state index contributed by atoms with van der Waals surface area (Å²) in [7, 11) is -6.00. The maximum Gasteiger partial charge on any atom is 0.471 e. The highest BCUT2D eigenvalue weighted by molar-refractivity contribution is 7.89. The lowest BCUT2D eigenvalue weighted by molar-refractivity contribution is -0.245. The van der Waals surface area contributed by atoms with Crippen LogP contribution in [0, 0.1) is 0 Å². The molecule has 0 radical (unpaired) electrons. The number of anilines is 1. The van der Waals surface area contributed by atoms with Crippen LogP contribution in [0.25, 0.3) is 10.8 Å². The minimum atomic E-state index is -5.19. The third kappa shape index (κ3) is 8.65. The Hall–Kier alpha value is -1.68. The fourth-order valence-electron chi connectivity index (χ4n) is 4.24. The van der Waals surface area contributed by atoms with Crippen molar-refractivity contribution in [3.63, 3.8) is 0 Å². The third-order valence-corrected chi connectivity index (χ3v) is 8.39. The van der Waals surface area contributed by atoms with Gasteiger partial charge in [-0.15, -0.1) is 0 Å². The summed E-state index contributed by atoms with van der Waals surface area (Å²) >= 11 is 0. The topological polar surface area (TPSA) is 189 Å². The van der Waals surface area contributed by atoms with Gasteiger partial charge in [-0.1, -0.05) is 45.0 Å². The standard InChI is InChI=1S/C18H25N2O10PS.C6H15N/c1-20(2)12-7-3-6-11-10(12)5-4-8-14(11)32(27,28)19-15-17(23)16(22)13(9-21)29-18(15)30-31(24,25)26;1-4-7(5-2)6-3/h3-8,13,15-19,21-23H,9H2,1-2H3,(H2,24,25,26);4-6H2,1-3H3/t13-,15-,16-,17-,18-;/m1./s1. The summed E-state index contributed by atoms with van der Waals surface area (Å²) in [5.74, 6) is 0. The Bertz CT molecular complexity index is 1220. The second kappa shape index (κ2) is 14.3. The average molecular weight is 594 g/mol. The quantitative estimate of drug-likeness (QED) is 0.209. The molecule has 39 heavy (non-hydrogen) atoms. The SMILES string of the molecule is CCN(CC)CC.CN(C)c1cccc2c(S(=O)(=O)N[C@H]3[C@@H](OP(=O)(O)O)O[C@H](CO)[C@@H](O)[C@@H]3O)cccc12. The van der Waals surface area contributed by atoms with Crippen LogP contribution in [0.1, 0.15) is 20.8 Å². The number of phosphoric ester groups is 1. The van der Waals surface area contributed by atoms with Crippen LogP contribution in [-0.4, -0.2) is 109 Å². The zero-order valence-electron chi connectivity index (χ0n) is 22.7. The molecule has 0 aliphatic carbocycles. The van der Waals surface area contributed by atoms with E-state index in [0.29, 0.717) is 10.8 Å². The van der Waals surface area contributed by atoms with Gasteiger partial charge >= 0.3 is 7.82 Å². The molecule has 15 heteroatoms. The molecular weight excluding hydrogens is 553 g/mol. The Morgan fingerprint density at radius 3 is 2.03 bits per heavy atom. The highest BCUT2D eigenvalue weighted by atomic mass is 32.2. The summed E-state index contributed by atoms with van der Waals surface area (Å²) in [6, 6.07) is 7.86. The van der Waals surface area contributed by atoms with Gasteiger partial charge in [0, 0.05) is 30.6 Å². The van der Waals surface area contributed by atoms with Crippen molar-refractivity contribution in [2.75, 3.05) is 45.2 Å². The van der Waals surface area contributed by atoms with E-state index in [4.69, 9.17) is 14.5 Å². The van der Waals surface area contributed by atoms with E-state index >= 15 is 0 Å². The van der Waals surface area contributed by atoms with Crippen molar-refractivity contribution in [3.8, 4) is 0 Å². The number of hydrogen-bond acceptors (Lipinski definition) is 10. The highest BCUT2D eigenvalue weighted by Gasteiger charge is 2.48. The number of aliphatic hydroxyl groups excluding tert-OH is 3. The molecule has 0 unspecified atom stereocenters. The van der Waals surface area contributed by atoms with E-state index in [0.717, 1.165) is 5.69 Å². The van der Waals surface area contributed by atoms with E-state index in [2.05, 4.69) is 34.9 Å². The van der Waals surface area contributed by atoms with Crippen LogP contribution in [0.2, 0.25) is 0 Å². The van der Waals surface area contributed by atoms with Gasteiger partial charge in [0.1, 0.15) is 24.4 Å². The second-order valence-electron chi connectivity index (χ2n) is 9.09. The number of phosphoric acid groups is 1. The lowest BCUT2D eigenvalue weighted by Crippen LogP contribution is -2.64. The van der Waals surface area contributed by atoms with Gasteiger partial charge in [0.25, 0.3) is 0 Å². The van der Waals surface area contributed by atoms with Gasteiger partial charge in [-0.05, 0) is 31.8 Å². The van der Waals surface area contributed by atoms with Crippen molar-refractivity contribution in [3.05, 3.63) is 36.4 Å². The van der Waals surface area contributed by atoms with E-state index < -0.39 is 55.1 Å². The normalized spacial score (nSPS) is 23.9. The number of nitrogens with one attached hydrogen (secondary N) is 1. The molecule has 6 N–H and O–H groups in total. The highest BCUT2D eigenvalue weighted by Crippen LogP contribution is 2.41. The number of nitrogens with zero attached hydrogens (tertiary/aromatic N) is 2. The van der Waals surface area contributed by atoms with Crippen LogP contribution >= 0.6 is 7.82 Å². The minimum absolute atomic E-state index is 0.167. The number of ether oxygens (including phenoxy) is 1. The van der Waals surface area contributed by atoms with E-state index in [-0.39, 0.29) is 4.90 Å². The molecule has 1 aliphatic heterocycles. The number of hydrogen-bond donors (Lipinski definition) is 6. The largest absolute Gasteiger partial charge is 0.471 e. The molecule has 1 saturated heterocycles. The van der Waals surface area contributed by atoms with Gasteiger partial charge in [0.05, 0.1) is 11.5 Å². The smallest absolute Gasteiger partial charge is 0.394 e. The first-order chi connectivity index (χ1) is 18.2. The van der Waals surface area contributed by atoms with Crippen LogP contribution in [0.4, 0.5) is 5.69 Å². The Morgan fingerprint density at radius 1 is 0.974 bits per heavy atom. The predicted octanol–water partition coefficient (Wildman–Crippen LogP) is 0.449. The third-order valence-electron chi connectivity index (χ3n) is 6.39. The van der Waals surface area contributed by atoms with Crippen molar-refractivity contribution >= 4 is 34.3 Å². The summed E-state index contributed by atoms with van der Waals surface area (Å²) in [5.41, 5.74) is 0.754. The molecule has 222 valence electrons. The molecule has 5 atom stereocenters. The van der Waals surface area contributed by atoms with Gasteiger partial charge in [-0.25, -0.2) is 17.7 Å². The van der Waals surface area contributed by atoms with Crippen molar-refractivity contribution in [2.45, 2.75) is 56.3 Å². The van der Waals surface area contributed by atoms with Crippen LogP contribution < -0.4 is 9.62 Å². The lowest BCUT2D eigenvalue weighted by Gasteiger charge is -2.41. The number of benzene rings is 2. The number of aliphatic hydroxyl groups is 3. The lowest BCUT2D eigenvalue weighted by atomic mass is 9.98. The molecule has 13 nitrogen and oxygen atoms in total. The van der Waals surface area contributed by atoms with Crippen molar-refractivity contribution in [2.24, 2.45) is 0 Å². The zero-order valence-corrected chi connectivity index (χ0v) is 24.4. The van der Waals surface area contributed by atoms with Crippen LogP contribution in [0.3, 0.4) is 0 Å². The van der Waals surface area contributed by atoms with E-state index in [1.165, 1.54) is 31.8 Å².